The molecular formula is C12H14O4. The molecule has 0 aliphatic rings. The summed E-state index contributed by atoms with van der Waals surface area (Å²) in [5.41, 5.74) is 1.04. The Bertz CT molecular complexity index is 392. The molecule has 0 aliphatic heterocycles. The first-order valence-electron chi connectivity index (χ1n) is 4.70. The molecule has 0 radical (unpaired) electrons. The molecule has 0 heterocycles. The van der Waals surface area contributed by atoms with Gasteiger partial charge in [0.2, 0.25) is 0 Å². The summed E-state index contributed by atoms with van der Waals surface area (Å²) in [7, 11) is 1.52. The molecule has 0 spiro atoms. The highest BCUT2D eigenvalue weighted by Gasteiger charge is 2.04. The molecular weight excluding hydrogens is 208 g/mol. The first kappa shape index (κ1) is 12.0. The van der Waals surface area contributed by atoms with Crippen molar-refractivity contribution in [2.24, 2.45) is 0 Å². The molecule has 1 aromatic rings. The number of aliphatic hydroxyl groups excluding tert-OH is 1. The largest absolute Gasteiger partial charge is 0.493 e. The molecule has 0 saturated carbocycles. The van der Waals surface area contributed by atoms with Gasteiger partial charge in [0, 0.05) is 0 Å². The van der Waals surface area contributed by atoms with E-state index in [0.717, 1.165) is 18.2 Å². The van der Waals surface area contributed by atoms with E-state index in [1.807, 2.05) is 6.07 Å². The predicted octanol–water partition coefficient (Wildman–Crippen LogP) is 2.72. The number of rotatable bonds is 5. The summed E-state index contributed by atoms with van der Waals surface area (Å²) < 4.78 is 10.1. The van der Waals surface area contributed by atoms with Crippen molar-refractivity contribution in [3.63, 3.8) is 0 Å². The molecule has 0 fully saturated rings. The van der Waals surface area contributed by atoms with Crippen LogP contribution in [0.5, 0.6) is 11.5 Å². The van der Waals surface area contributed by atoms with Crippen LogP contribution < -0.4 is 9.47 Å². The highest BCUT2D eigenvalue weighted by Crippen LogP contribution is 2.28. The predicted molar refractivity (Wildman–Crippen MR) is 60.9 cm³/mol. The Balaban J connectivity index is 2.92. The van der Waals surface area contributed by atoms with Crippen LogP contribution in [0.4, 0.5) is 0 Å². The van der Waals surface area contributed by atoms with Gasteiger partial charge in [-0.05, 0) is 24.1 Å². The third-order valence-corrected chi connectivity index (χ3v) is 1.90. The molecule has 0 amide bonds. The third kappa shape index (κ3) is 3.24. The maximum Gasteiger partial charge on any atom is 0.311 e. The van der Waals surface area contributed by atoms with Crippen molar-refractivity contribution in [3.05, 3.63) is 48.6 Å². The zero-order chi connectivity index (χ0) is 12.0. The lowest BCUT2D eigenvalue weighted by molar-refractivity contribution is 0.174. The summed E-state index contributed by atoms with van der Waals surface area (Å²) in [6.45, 7) is 3.65. The van der Waals surface area contributed by atoms with Crippen LogP contribution in [0.1, 0.15) is 5.56 Å². The van der Waals surface area contributed by atoms with Crippen molar-refractivity contribution < 1.29 is 19.7 Å². The highest BCUT2D eigenvalue weighted by molar-refractivity contribution is 5.43. The summed E-state index contributed by atoms with van der Waals surface area (Å²) in [6, 6.07) is 5.35. The molecule has 0 unspecified atom stereocenters. The first-order valence-corrected chi connectivity index (χ1v) is 4.70. The van der Waals surface area contributed by atoms with Crippen LogP contribution in [0.15, 0.2) is 43.1 Å². The fourth-order valence-electron chi connectivity index (χ4n) is 1.22. The fourth-order valence-corrected chi connectivity index (χ4v) is 1.22. The third-order valence-electron chi connectivity index (χ3n) is 1.90. The van der Waals surface area contributed by atoms with Gasteiger partial charge in [-0.3, -0.25) is 0 Å². The van der Waals surface area contributed by atoms with Gasteiger partial charge in [-0.2, -0.15) is 0 Å². The minimum atomic E-state index is -0.891. The average molecular weight is 222 g/mol. The minimum absolute atomic E-state index is 0.413. The number of hydrogen-bond donors (Lipinski definition) is 2. The molecule has 4 nitrogen and oxygen atoms in total. The summed E-state index contributed by atoms with van der Waals surface area (Å²) in [4.78, 5) is 0. The molecule has 0 saturated heterocycles. The Kier molecular flexibility index (Phi) is 4.27. The van der Waals surface area contributed by atoms with Crippen molar-refractivity contribution in [1.29, 1.82) is 0 Å². The zero-order valence-corrected chi connectivity index (χ0v) is 9.01. The van der Waals surface area contributed by atoms with Gasteiger partial charge in [-0.1, -0.05) is 12.1 Å². The summed E-state index contributed by atoms with van der Waals surface area (Å²) in [6.07, 6.45) is 3.34. The Labute approximate surface area is 94.1 Å². The lowest BCUT2D eigenvalue weighted by Crippen LogP contribution is -1.93. The Morgan fingerprint density at radius 1 is 1.38 bits per heavy atom. The number of benzene rings is 1. The quantitative estimate of drug-likeness (QED) is 0.594. The van der Waals surface area contributed by atoms with E-state index in [9.17, 15) is 0 Å². The van der Waals surface area contributed by atoms with Gasteiger partial charge in [-0.15, -0.1) is 6.58 Å². The topological polar surface area (TPSA) is 58.9 Å². The van der Waals surface area contributed by atoms with Gasteiger partial charge in [0.25, 0.3) is 0 Å². The Hall–Kier alpha value is -2.10. The van der Waals surface area contributed by atoms with Crippen LogP contribution in [0.3, 0.4) is 0 Å². The van der Waals surface area contributed by atoms with Crippen molar-refractivity contribution >= 4 is 0 Å². The molecule has 86 valence electrons. The summed E-state index contributed by atoms with van der Waals surface area (Å²) in [5.74, 6) is 0.0463. The molecule has 0 aromatic heterocycles. The molecule has 1 rings (SSSR count). The maximum atomic E-state index is 8.55. The second-order valence-corrected chi connectivity index (χ2v) is 3.07. The molecule has 4 heteroatoms. The lowest BCUT2D eigenvalue weighted by atomic mass is 10.1. The SMILES string of the molecule is C=CCc1ccc(OC=C(O)O)c(OC)c1. The molecule has 16 heavy (non-hydrogen) atoms. The van der Waals surface area contributed by atoms with Crippen LogP contribution in [0, 0.1) is 0 Å². The summed E-state index contributed by atoms with van der Waals surface area (Å²) in [5, 5.41) is 17.1. The smallest absolute Gasteiger partial charge is 0.311 e. The Morgan fingerprint density at radius 3 is 2.69 bits per heavy atom. The van der Waals surface area contributed by atoms with Gasteiger partial charge < -0.3 is 19.7 Å². The van der Waals surface area contributed by atoms with E-state index < -0.39 is 5.95 Å². The highest BCUT2D eigenvalue weighted by atomic mass is 16.5. The fraction of sp³-hybridized carbons (Fsp3) is 0.167. The number of hydrogen-bond acceptors (Lipinski definition) is 4. The van der Waals surface area contributed by atoms with Crippen molar-refractivity contribution in [2.45, 2.75) is 6.42 Å². The minimum Gasteiger partial charge on any atom is -0.493 e. The standard InChI is InChI=1S/C12H14O4/c1-3-4-9-5-6-10(11(7-9)15-2)16-8-12(13)14/h3,5-8,13-14H,1,4H2,2H3. The monoisotopic (exact) mass is 222 g/mol. The van der Waals surface area contributed by atoms with Gasteiger partial charge in [0.15, 0.2) is 17.8 Å². The van der Waals surface area contributed by atoms with Gasteiger partial charge in [0.1, 0.15) is 0 Å². The summed E-state index contributed by atoms with van der Waals surface area (Å²) >= 11 is 0. The van der Waals surface area contributed by atoms with Crippen molar-refractivity contribution in [2.75, 3.05) is 7.11 Å². The van der Waals surface area contributed by atoms with Gasteiger partial charge in [0.05, 0.1) is 7.11 Å². The zero-order valence-electron chi connectivity index (χ0n) is 9.01. The molecule has 0 bridgehead atoms. The molecule has 1 aromatic carbocycles. The van der Waals surface area contributed by atoms with E-state index in [0.29, 0.717) is 11.5 Å². The van der Waals surface area contributed by atoms with Gasteiger partial charge >= 0.3 is 5.95 Å². The van der Waals surface area contributed by atoms with Crippen molar-refractivity contribution in [3.8, 4) is 11.5 Å². The molecule has 2 N–H and O–H groups in total. The van der Waals surface area contributed by atoms with Crippen LogP contribution in [0.2, 0.25) is 0 Å². The average Bonchev–Trinajstić information content (AvgIpc) is 2.27. The second-order valence-electron chi connectivity index (χ2n) is 3.07. The van der Waals surface area contributed by atoms with Crippen molar-refractivity contribution in [1.82, 2.24) is 0 Å². The normalized spacial score (nSPS) is 9.31. The van der Waals surface area contributed by atoms with E-state index in [-0.39, 0.29) is 0 Å². The van der Waals surface area contributed by atoms with E-state index >= 15 is 0 Å². The molecule has 0 aliphatic carbocycles. The first-order chi connectivity index (χ1) is 7.67. The molecule has 0 atom stereocenters. The van der Waals surface area contributed by atoms with E-state index in [2.05, 4.69) is 6.58 Å². The van der Waals surface area contributed by atoms with Crippen LogP contribution in [-0.4, -0.2) is 17.3 Å². The number of aliphatic hydroxyl groups is 2. The second kappa shape index (κ2) is 5.70. The number of methoxy groups -OCH3 is 1. The van der Waals surface area contributed by atoms with Crippen LogP contribution in [-0.2, 0) is 6.42 Å². The lowest BCUT2D eigenvalue weighted by Gasteiger charge is -2.08. The number of allylic oxidation sites excluding steroid dienone is 1. The number of ether oxygens (including phenoxy) is 2. The van der Waals surface area contributed by atoms with E-state index in [1.54, 1.807) is 18.2 Å². The Morgan fingerprint density at radius 2 is 2.12 bits per heavy atom. The van der Waals surface area contributed by atoms with Gasteiger partial charge in [-0.25, -0.2) is 0 Å². The van der Waals surface area contributed by atoms with E-state index in [1.165, 1.54) is 7.11 Å². The van der Waals surface area contributed by atoms with Crippen LogP contribution in [0.25, 0.3) is 0 Å². The maximum absolute atomic E-state index is 8.55. The van der Waals surface area contributed by atoms with E-state index in [4.69, 9.17) is 19.7 Å². The van der Waals surface area contributed by atoms with Crippen LogP contribution >= 0.6 is 0 Å².